The predicted molar refractivity (Wildman–Crippen MR) is 141 cm³/mol. The van der Waals surface area contributed by atoms with Crippen molar-refractivity contribution in [1.29, 1.82) is 0 Å². The number of aromatic nitrogens is 2. The van der Waals surface area contributed by atoms with Gasteiger partial charge in [0, 0.05) is 18.7 Å². The van der Waals surface area contributed by atoms with Crippen LogP contribution in [0.1, 0.15) is 11.7 Å². The molecule has 6 rings (SSSR count). The van der Waals surface area contributed by atoms with Crippen molar-refractivity contribution in [3.63, 3.8) is 0 Å². The highest BCUT2D eigenvalue weighted by Gasteiger charge is 2.37. The molecule has 2 aliphatic heterocycles. The van der Waals surface area contributed by atoms with Gasteiger partial charge in [0.1, 0.15) is 12.2 Å². The highest BCUT2D eigenvalue weighted by Crippen LogP contribution is 2.34. The monoisotopic (exact) mass is 521 g/mol. The standard InChI is InChI=1S/C28H28ClN3O5/c29-21-12-23-22(31-28(32-23)37-26-15-36-25(14-33)27(26)34)11-20(21)18-5-1-16(2-6-18)17-3-7-19(8-4-17)24-13-30-9-10-35-24/h1-8,11-12,24-27,30,33-34H,9-10,13-15H2,(H,31,32)/t24?,25-,26?,27?/m1/s1. The molecule has 8 nitrogen and oxygen atoms in total. The van der Waals surface area contributed by atoms with Gasteiger partial charge in [-0.3, -0.25) is 0 Å². The summed E-state index contributed by atoms with van der Waals surface area (Å²) in [5.41, 5.74) is 6.69. The minimum Gasteiger partial charge on any atom is -0.456 e. The van der Waals surface area contributed by atoms with E-state index in [9.17, 15) is 10.2 Å². The normalized spacial score (nSPS) is 24.0. The molecule has 2 aliphatic rings. The van der Waals surface area contributed by atoms with Crippen LogP contribution in [-0.4, -0.2) is 71.4 Å². The van der Waals surface area contributed by atoms with E-state index in [4.69, 9.17) is 25.8 Å². The lowest BCUT2D eigenvalue weighted by Crippen LogP contribution is -2.36. The Bertz CT molecular complexity index is 1370. The number of nitrogens with one attached hydrogen (secondary N) is 2. The lowest BCUT2D eigenvalue weighted by Gasteiger charge is -2.24. The molecule has 0 radical (unpaired) electrons. The number of rotatable bonds is 6. The Labute approximate surface area is 219 Å². The van der Waals surface area contributed by atoms with Crippen LogP contribution in [0.2, 0.25) is 5.02 Å². The second-order valence-electron chi connectivity index (χ2n) is 9.36. The number of H-pyrrole nitrogens is 1. The molecule has 2 saturated heterocycles. The zero-order valence-corrected chi connectivity index (χ0v) is 20.8. The first-order valence-corrected chi connectivity index (χ1v) is 12.8. The molecule has 4 atom stereocenters. The van der Waals surface area contributed by atoms with E-state index in [1.54, 1.807) is 0 Å². The molecule has 3 aromatic carbocycles. The molecule has 3 heterocycles. The van der Waals surface area contributed by atoms with Crippen molar-refractivity contribution in [3.8, 4) is 28.3 Å². The van der Waals surface area contributed by atoms with Crippen LogP contribution in [0.15, 0.2) is 60.7 Å². The number of aromatic amines is 1. The Balaban J connectivity index is 1.19. The predicted octanol–water partition coefficient (Wildman–Crippen LogP) is 3.71. The molecule has 0 aliphatic carbocycles. The summed E-state index contributed by atoms with van der Waals surface area (Å²) in [5, 5.41) is 23.4. The highest BCUT2D eigenvalue weighted by atomic mass is 35.5. The van der Waals surface area contributed by atoms with Crippen molar-refractivity contribution in [1.82, 2.24) is 15.3 Å². The number of fused-ring (bicyclic) bond motifs is 1. The Morgan fingerprint density at radius 2 is 1.73 bits per heavy atom. The van der Waals surface area contributed by atoms with Crippen LogP contribution in [0.25, 0.3) is 33.3 Å². The maximum absolute atomic E-state index is 10.2. The van der Waals surface area contributed by atoms with E-state index in [2.05, 4.69) is 63.8 Å². The highest BCUT2D eigenvalue weighted by molar-refractivity contribution is 6.34. The van der Waals surface area contributed by atoms with Crippen molar-refractivity contribution in [2.75, 3.05) is 32.9 Å². The number of aliphatic hydroxyl groups excluding tert-OH is 2. The van der Waals surface area contributed by atoms with E-state index in [-0.39, 0.29) is 25.3 Å². The van der Waals surface area contributed by atoms with Crippen LogP contribution in [-0.2, 0) is 9.47 Å². The summed E-state index contributed by atoms with van der Waals surface area (Å²) in [6.45, 7) is 2.38. The topological polar surface area (TPSA) is 109 Å². The first-order chi connectivity index (χ1) is 18.1. The van der Waals surface area contributed by atoms with Gasteiger partial charge in [0.2, 0.25) is 0 Å². The quantitative estimate of drug-likeness (QED) is 0.306. The van der Waals surface area contributed by atoms with Gasteiger partial charge < -0.3 is 34.7 Å². The molecule has 1 aromatic heterocycles. The van der Waals surface area contributed by atoms with E-state index in [0.717, 1.165) is 47.5 Å². The molecule has 0 spiro atoms. The van der Waals surface area contributed by atoms with Gasteiger partial charge in [0.25, 0.3) is 6.01 Å². The molecule has 37 heavy (non-hydrogen) atoms. The fourth-order valence-corrected chi connectivity index (χ4v) is 5.13. The van der Waals surface area contributed by atoms with Gasteiger partial charge in [0.05, 0.1) is 42.0 Å². The summed E-state index contributed by atoms with van der Waals surface area (Å²) in [5.74, 6) is 0. The van der Waals surface area contributed by atoms with E-state index < -0.39 is 18.3 Å². The van der Waals surface area contributed by atoms with Crippen LogP contribution < -0.4 is 10.1 Å². The summed E-state index contributed by atoms with van der Waals surface area (Å²) < 4.78 is 17.0. The van der Waals surface area contributed by atoms with Crippen molar-refractivity contribution in [3.05, 3.63) is 71.2 Å². The lowest BCUT2D eigenvalue weighted by atomic mass is 9.98. The smallest absolute Gasteiger partial charge is 0.295 e. The largest absolute Gasteiger partial charge is 0.456 e. The maximum atomic E-state index is 10.2. The summed E-state index contributed by atoms with van der Waals surface area (Å²) in [4.78, 5) is 7.61. The van der Waals surface area contributed by atoms with Crippen molar-refractivity contribution in [2.45, 2.75) is 24.4 Å². The molecular formula is C28H28ClN3O5. The number of halogens is 1. The number of hydrogen-bond acceptors (Lipinski definition) is 7. The summed E-state index contributed by atoms with van der Waals surface area (Å²) in [6, 6.07) is 20.8. The Morgan fingerprint density at radius 1 is 1.00 bits per heavy atom. The molecule has 0 bridgehead atoms. The summed E-state index contributed by atoms with van der Waals surface area (Å²) in [6.07, 6.45) is -2.09. The molecule has 3 unspecified atom stereocenters. The first kappa shape index (κ1) is 24.4. The molecule has 0 saturated carbocycles. The Hall–Kier alpha value is -2.98. The van der Waals surface area contributed by atoms with E-state index in [1.807, 2.05) is 12.1 Å². The SMILES string of the molecule is OC[C@H]1OCC(Oc2nc3cc(-c4ccc(-c5ccc(C6CNCCO6)cc5)cc4)c(Cl)cc3[nH]2)C1O. The first-order valence-electron chi connectivity index (χ1n) is 12.4. The van der Waals surface area contributed by atoms with Crippen LogP contribution in [0, 0.1) is 0 Å². The fraction of sp³-hybridized carbons (Fsp3) is 0.321. The lowest BCUT2D eigenvalue weighted by molar-refractivity contribution is -0.00390. The molecular weight excluding hydrogens is 494 g/mol. The third kappa shape index (κ3) is 4.96. The third-order valence-electron chi connectivity index (χ3n) is 6.97. The zero-order chi connectivity index (χ0) is 25.4. The van der Waals surface area contributed by atoms with Gasteiger partial charge in [-0.2, -0.15) is 4.98 Å². The number of nitrogens with zero attached hydrogens (tertiary/aromatic N) is 1. The molecule has 0 amide bonds. The van der Waals surface area contributed by atoms with Crippen LogP contribution >= 0.6 is 11.6 Å². The van der Waals surface area contributed by atoms with Gasteiger partial charge in [0.15, 0.2) is 6.10 Å². The van der Waals surface area contributed by atoms with Crippen molar-refractivity contribution >= 4 is 22.6 Å². The number of benzene rings is 3. The third-order valence-corrected chi connectivity index (χ3v) is 7.28. The fourth-order valence-electron chi connectivity index (χ4n) is 4.86. The van der Waals surface area contributed by atoms with Gasteiger partial charge in [-0.1, -0.05) is 60.1 Å². The van der Waals surface area contributed by atoms with Gasteiger partial charge in [-0.15, -0.1) is 0 Å². The van der Waals surface area contributed by atoms with Crippen LogP contribution in [0.5, 0.6) is 6.01 Å². The van der Waals surface area contributed by atoms with Crippen molar-refractivity contribution < 1.29 is 24.4 Å². The van der Waals surface area contributed by atoms with Gasteiger partial charge >= 0.3 is 0 Å². The number of morpholine rings is 1. The van der Waals surface area contributed by atoms with Crippen LogP contribution in [0.4, 0.5) is 0 Å². The number of ether oxygens (including phenoxy) is 3. The number of hydrogen-bond donors (Lipinski definition) is 4. The number of aliphatic hydroxyl groups is 2. The number of imidazole rings is 1. The molecule has 9 heteroatoms. The van der Waals surface area contributed by atoms with E-state index in [0.29, 0.717) is 10.5 Å². The Morgan fingerprint density at radius 3 is 2.41 bits per heavy atom. The van der Waals surface area contributed by atoms with Gasteiger partial charge in [-0.05, 0) is 34.4 Å². The minimum atomic E-state index is -0.926. The molecule has 4 N–H and O–H groups in total. The second-order valence-corrected chi connectivity index (χ2v) is 9.76. The van der Waals surface area contributed by atoms with Gasteiger partial charge in [-0.25, -0.2) is 0 Å². The van der Waals surface area contributed by atoms with E-state index >= 15 is 0 Å². The summed E-state index contributed by atoms with van der Waals surface area (Å²) in [7, 11) is 0. The maximum Gasteiger partial charge on any atom is 0.295 e. The molecule has 4 aromatic rings. The second kappa shape index (κ2) is 10.4. The average molecular weight is 522 g/mol. The zero-order valence-electron chi connectivity index (χ0n) is 20.1. The Kier molecular flexibility index (Phi) is 6.86. The molecule has 192 valence electrons. The summed E-state index contributed by atoms with van der Waals surface area (Å²) >= 11 is 6.63. The molecule has 2 fully saturated rings. The minimum absolute atomic E-state index is 0.101. The van der Waals surface area contributed by atoms with Crippen LogP contribution in [0.3, 0.4) is 0 Å². The van der Waals surface area contributed by atoms with E-state index in [1.165, 1.54) is 5.56 Å². The average Bonchev–Trinajstić information content (AvgIpc) is 3.50. The van der Waals surface area contributed by atoms with Crippen molar-refractivity contribution in [2.24, 2.45) is 0 Å².